The second-order valence-electron chi connectivity index (χ2n) is 14.9. The van der Waals surface area contributed by atoms with Crippen LogP contribution in [0.4, 0.5) is 0 Å². The molecule has 0 radical (unpaired) electrons. The normalized spacial score (nSPS) is 18.3. The minimum absolute atomic E-state index is 0.662. The van der Waals surface area contributed by atoms with Gasteiger partial charge in [0.05, 0.1) is 0 Å². The monoisotopic (exact) mass is 604 g/mol. The molecule has 2 fully saturated rings. The van der Waals surface area contributed by atoms with Gasteiger partial charge in [0.2, 0.25) is 0 Å². The van der Waals surface area contributed by atoms with Gasteiger partial charge in [0.1, 0.15) is 0 Å². The zero-order valence-corrected chi connectivity index (χ0v) is 29.9. The van der Waals surface area contributed by atoms with Gasteiger partial charge in [-0.2, -0.15) is 0 Å². The van der Waals surface area contributed by atoms with Crippen molar-refractivity contribution in [3.63, 3.8) is 0 Å². The SMILES string of the molecule is CCCCCCCCCCCCNCC(NC(CNCCCCCCCCCCCC)C1CCCCC1)C1CCCCC1. The molecule has 0 aromatic carbocycles. The molecule has 0 amide bonds. The van der Waals surface area contributed by atoms with Gasteiger partial charge in [-0.15, -0.1) is 0 Å². The maximum absolute atomic E-state index is 4.35. The molecule has 0 bridgehead atoms. The Morgan fingerprint density at radius 3 is 1.02 bits per heavy atom. The van der Waals surface area contributed by atoms with E-state index >= 15 is 0 Å². The Kier molecular flexibility index (Phi) is 26.6. The molecule has 256 valence electrons. The van der Waals surface area contributed by atoms with E-state index in [1.807, 2.05) is 0 Å². The fourth-order valence-electron chi connectivity index (χ4n) is 8.06. The van der Waals surface area contributed by atoms with Crippen LogP contribution >= 0.6 is 0 Å². The Balaban J connectivity index is 1.66. The lowest BCUT2D eigenvalue weighted by molar-refractivity contribution is 0.194. The minimum Gasteiger partial charge on any atom is -0.315 e. The minimum atomic E-state index is 0.662. The number of hydrogen-bond donors (Lipinski definition) is 3. The molecule has 0 spiro atoms. The molecule has 2 aliphatic rings. The van der Waals surface area contributed by atoms with Gasteiger partial charge in [-0.05, 0) is 63.5 Å². The zero-order valence-electron chi connectivity index (χ0n) is 29.9. The number of nitrogens with one attached hydrogen (secondary N) is 3. The van der Waals surface area contributed by atoms with Crippen LogP contribution in [0.5, 0.6) is 0 Å². The van der Waals surface area contributed by atoms with Crippen LogP contribution in [0.3, 0.4) is 0 Å². The summed E-state index contributed by atoms with van der Waals surface area (Å²) in [5.74, 6) is 1.75. The lowest BCUT2D eigenvalue weighted by Gasteiger charge is -2.38. The fraction of sp³-hybridized carbons (Fsp3) is 1.00. The van der Waals surface area contributed by atoms with Crippen molar-refractivity contribution in [1.29, 1.82) is 0 Å². The molecule has 0 aromatic rings. The highest BCUT2D eigenvalue weighted by Crippen LogP contribution is 2.30. The molecule has 2 rings (SSSR count). The van der Waals surface area contributed by atoms with Gasteiger partial charge in [-0.3, -0.25) is 0 Å². The maximum atomic E-state index is 4.35. The Morgan fingerprint density at radius 2 is 0.698 bits per heavy atom. The predicted octanol–water partition coefficient (Wildman–Crippen LogP) is 11.5. The Bertz CT molecular complexity index is 506. The van der Waals surface area contributed by atoms with E-state index in [4.69, 9.17) is 0 Å². The molecule has 0 saturated heterocycles. The number of rotatable bonds is 30. The highest BCUT2D eigenvalue weighted by molar-refractivity contribution is 4.89. The molecule has 0 heterocycles. The van der Waals surface area contributed by atoms with E-state index in [9.17, 15) is 0 Å². The van der Waals surface area contributed by atoms with Crippen molar-refractivity contribution in [2.45, 2.75) is 219 Å². The van der Waals surface area contributed by atoms with Crippen LogP contribution in [0, 0.1) is 11.8 Å². The Morgan fingerprint density at radius 1 is 0.395 bits per heavy atom. The molecular weight excluding hydrogens is 522 g/mol. The smallest absolute Gasteiger partial charge is 0.0223 e. The topological polar surface area (TPSA) is 36.1 Å². The Hall–Kier alpha value is -0.120. The van der Waals surface area contributed by atoms with E-state index in [-0.39, 0.29) is 0 Å². The summed E-state index contributed by atoms with van der Waals surface area (Å²) in [5, 5.41) is 12.2. The summed E-state index contributed by atoms with van der Waals surface area (Å²) in [6.07, 6.45) is 43.1. The van der Waals surface area contributed by atoms with E-state index < -0.39 is 0 Å². The van der Waals surface area contributed by atoms with Crippen LogP contribution in [0.2, 0.25) is 0 Å². The average molecular weight is 604 g/mol. The first-order chi connectivity index (χ1) is 21.3. The summed E-state index contributed by atoms with van der Waals surface area (Å²) < 4.78 is 0. The molecule has 0 aliphatic heterocycles. The predicted molar refractivity (Wildman–Crippen MR) is 193 cm³/mol. The van der Waals surface area contributed by atoms with E-state index in [0.29, 0.717) is 12.1 Å². The average Bonchev–Trinajstić information content (AvgIpc) is 3.05. The van der Waals surface area contributed by atoms with Crippen LogP contribution in [-0.4, -0.2) is 38.3 Å². The van der Waals surface area contributed by atoms with Crippen molar-refractivity contribution in [2.24, 2.45) is 11.8 Å². The van der Waals surface area contributed by atoms with Crippen LogP contribution in [0.25, 0.3) is 0 Å². The molecule has 43 heavy (non-hydrogen) atoms. The standard InChI is InChI=1S/C40H81N3/c1-3-5-7-9-11-13-15-17-19-27-33-41-35-39(37-29-23-21-24-30-37)43-40(38-31-25-22-26-32-38)36-42-34-28-20-18-16-14-12-10-8-6-4-2/h37-43H,3-36H2,1-2H3. The van der Waals surface area contributed by atoms with E-state index in [0.717, 1.165) is 11.8 Å². The zero-order chi connectivity index (χ0) is 30.5. The molecule has 2 atom stereocenters. The van der Waals surface area contributed by atoms with Crippen molar-refractivity contribution in [3.8, 4) is 0 Å². The third-order valence-electron chi connectivity index (χ3n) is 11.0. The van der Waals surface area contributed by atoms with Gasteiger partial charge in [0.15, 0.2) is 0 Å². The van der Waals surface area contributed by atoms with E-state index in [1.54, 1.807) is 0 Å². The second kappa shape index (κ2) is 29.3. The lowest BCUT2D eigenvalue weighted by Crippen LogP contribution is -2.54. The van der Waals surface area contributed by atoms with Gasteiger partial charge in [-0.25, -0.2) is 0 Å². The van der Waals surface area contributed by atoms with Gasteiger partial charge >= 0.3 is 0 Å². The first kappa shape index (κ1) is 39.1. The molecule has 3 nitrogen and oxygen atoms in total. The van der Waals surface area contributed by atoms with Crippen molar-refractivity contribution in [3.05, 3.63) is 0 Å². The summed E-state index contributed by atoms with van der Waals surface area (Å²) >= 11 is 0. The third kappa shape index (κ3) is 21.3. The molecule has 2 saturated carbocycles. The molecule has 3 N–H and O–H groups in total. The molecule has 0 aromatic heterocycles. The van der Waals surface area contributed by atoms with Gasteiger partial charge in [0, 0.05) is 25.2 Å². The van der Waals surface area contributed by atoms with Crippen LogP contribution in [0.1, 0.15) is 206 Å². The summed E-state index contributed by atoms with van der Waals surface area (Å²) in [6.45, 7) is 9.43. The first-order valence-electron chi connectivity index (χ1n) is 20.5. The summed E-state index contributed by atoms with van der Waals surface area (Å²) in [4.78, 5) is 0. The van der Waals surface area contributed by atoms with Crippen molar-refractivity contribution in [1.82, 2.24) is 16.0 Å². The molecular formula is C40H81N3. The summed E-state index contributed by atoms with van der Waals surface area (Å²) in [6, 6.07) is 1.32. The van der Waals surface area contributed by atoms with Crippen molar-refractivity contribution < 1.29 is 0 Å². The van der Waals surface area contributed by atoms with E-state index in [1.165, 1.54) is 219 Å². The third-order valence-corrected chi connectivity index (χ3v) is 11.0. The highest BCUT2D eigenvalue weighted by atomic mass is 15.1. The second-order valence-corrected chi connectivity index (χ2v) is 14.9. The van der Waals surface area contributed by atoms with Crippen LogP contribution < -0.4 is 16.0 Å². The van der Waals surface area contributed by atoms with Crippen LogP contribution in [0.15, 0.2) is 0 Å². The Labute approximate surface area is 272 Å². The fourth-order valence-corrected chi connectivity index (χ4v) is 8.06. The number of hydrogen-bond acceptors (Lipinski definition) is 3. The van der Waals surface area contributed by atoms with Crippen molar-refractivity contribution >= 4 is 0 Å². The quantitative estimate of drug-likeness (QED) is 0.0715. The van der Waals surface area contributed by atoms with Gasteiger partial charge in [0.25, 0.3) is 0 Å². The maximum Gasteiger partial charge on any atom is 0.0223 e. The van der Waals surface area contributed by atoms with Crippen molar-refractivity contribution in [2.75, 3.05) is 26.2 Å². The van der Waals surface area contributed by atoms with Gasteiger partial charge < -0.3 is 16.0 Å². The molecule has 2 aliphatic carbocycles. The first-order valence-corrected chi connectivity index (χ1v) is 20.5. The van der Waals surface area contributed by atoms with Gasteiger partial charge in [-0.1, -0.05) is 168 Å². The number of unbranched alkanes of at least 4 members (excludes halogenated alkanes) is 18. The molecule has 3 heteroatoms. The largest absolute Gasteiger partial charge is 0.315 e. The summed E-state index contributed by atoms with van der Waals surface area (Å²) in [7, 11) is 0. The highest BCUT2D eigenvalue weighted by Gasteiger charge is 2.29. The molecule has 2 unspecified atom stereocenters. The van der Waals surface area contributed by atoms with Crippen LogP contribution in [-0.2, 0) is 0 Å². The lowest BCUT2D eigenvalue weighted by atomic mass is 9.80. The summed E-state index contributed by atoms with van der Waals surface area (Å²) in [5.41, 5.74) is 0. The van der Waals surface area contributed by atoms with E-state index in [2.05, 4.69) is 29.8 Å².